The summed E-state index contributed by atoms with van der Waals surface area (Å²) in [5, 5.41) is 0. The third-order valence-corrected chi connectivity index (χ3v) is 10.6. The molecule has 0 radical (unpaired) electrons. The summed E-state index contributed by atoms with van der Waals surface area (Å²) in [7, 11) is 3.27. The highest BCUT2D eigenvalue weighted by molar-refractivity contribution is 5.16. The molecule has 5 heterocycles. The Morgan fingerprint density at radius 2 is 1.33 bits per heavy atom. The highest BCUT2D eigenvalue weighted by atomic mass is 16.8. The quantitative estimate of drug-likeness (QED) is 0.149. The molecule has 54 heavy (non-hydrogen) atoms. The van der Waals surface area contributed by atoms with Crippen molar-refractivity contribution in [3.8, 4) is 0 Å². The Balaban J connectivity index is 1.20. The van der Waals surface area contributed by atoms with Gasteiger partial charge >= 0.3 is 0 Å². The van der Waals surface area contributed by atoms with Crippen molar-refractivity contribution < 1.29 is 52.1 Å². The minimum atomic E-state index is -0.980. The monoisotopic (exact) mass is 746 g/mol. The molecule has 11 atom stereocenters. The van der Waals surface area contributed by atoms with E-state index in [1.54, 1.807) is 20.3 Å². The largest absolute Gasteiger partial charge is 0.376 e. The van der Waals surface area contributed by atoms with Crippen LogP contribution in [0.3, 0.4) is 0 Å². The van der Waals surface area contributed by atoms with Gasteiger partial charge in [0.2, 0.25) is 0 Å². The van der Waals surface area contributed by atoms with Crippen molar-refractivity contribution in [2.24, 2.45) is 0 Å². The second-order valence-electron chi connectivity index (χ2n) is 14.2. The zero-order chi connectivity index (χ0) is 37.2. The van der Waals surface area contributed by atoms with E-state index in [4.69, 9.17) is 52.1 Å². The van der Waals surface area contributed by atoms with Crippen molar-refractivity contribution in [3.63, 3.8) is 0 Å². The van der Waals surface area contributed by atoms with Gasteiger partial charge in [-0.25, -0.2) is 0 Å². The summed E-state index contributed by atoms with van der Waals surface area (Å²) in [6.07, 6.45) is -1.47. The van der Waals surface area contributed by atoms with E-state index in [1.165, 1.54) is 0 Å². The highest BCUT2D eigenvalue weighted by Gasteiger charge is 2.60. The van der Waals surface area contributed by atoms with Gasteiger partial charge in [0.1, 0.15) is 48.3 Å². The first kappa shape index (κ1) is 39.2. The normalized spacial score (nSPS) is 34.0. The second kappa shape index (κ2) is 19.2. The molecule has 0 unspecified atom stereocenters. The predicted molar refractivity (Wildman–Crippen MR) is 198 cm³/mol. The average Bonchev–Trinajstić information content (AvgIpc) is 3.50. The average molecular weight is 747 g/mol. The van der Waals surface area contributed by atoms with Crippen LogP contribution in [0.25, 0.3) is 0 Å². The Morgan fingerprint density at radius 3 is 1.93 bits per heavy atom. The first-order valence-corrected chi connectivity index (χ1v) is 19.1. The number of ether oxygens (including phenoxy) is 11. The molecule has 3 aromatic carbocycles. The maximum atomic E-state index is 7.11. The van der Waals surface area contributed by atoms with E-state index in [-0.39, 0.29) is 12.9 Å². The molecule has 0 saturated carbocycles. The summed E-state index contributed by atoms with van der Waals surface area (Å²) >= 11 is 0. The molecule has 0 N–H and O–H groups in total. The van der Waals surface area contributed by atoms with Crippen LogP contribution in [0, 0.1) is 0 Å². The summed E-state index contributed by atoms with van der Waals surface area (Å²) in [5.74, 6) is 0. The molecule has 0 aromatic heterocycles. The summed E-state index contributed by atoms with van der Waals surface area (Å²) in [5.41, 5.74) is 2.06. The minimum absolute atomic E-state index is 0.180. The predicted octanol–water partition coefficient (Wildman–Crippen LogP) is 6.13. The van der Waals surface area contributed by atoms with Crippen molar-refractivity contribution in [2.45, 2.75) is 113 Å². The molecule has 292 valence electrons. The van der Waals surface area contributed by atoms with Gasteiger partial charge in [0, 0.05) is 27.2 Å². The lowest BCUT2D eigenvalue weighted by Crippen LogP contribution is -2.67. The maximum absolute atomic E-state index is 7.11. The molecule has 11 heteroatoms. The van der Waals surface area contributed by atoms with Crippen molar-refractivity contribution in [1.29, 1.82) is 0 Å². The third kappa shape index (κ3) is 9.31. The molecular weight excluding hydrogens is 692 g/mol. The molecule has 0 amide bonds. The topological polar surface area (TPSA) is 102 Å². The van der Waals surface area contributed by atoms with E-state index >= 15 is 0 Å². The van der Waals surface area contributed by atoms with Crippen molar-refractivity contribution in [2.75, 3.05) is 34.0 Å². The zero-order valence-electron chi connectivity index (χ0n) is 31.3. The Bertz CT molecular complexity index is 1540. The van der Waals surface area contributed by atoms with E-state index in [0.29, 0.717) is 39.5 Å². The molecule has 5 aliphatic rings. The molecule has 5 fully saturated rings. The fourth-order valence-electron chi connectivity index (χ4n) is 7.78. The number of benzene rings is 3. The molecule has 8 rings (SSSR count). The first-order valence-electron chi connectivity index (χ1n) is 19.1. The van der Waals surface area contributed by atoms with Crippen LogP contribution in [0.4, 0.5) is 0 Å². The fourth-order valence-corrected chi connectivity index (χ4v) is 7.78. The van der Waals surface area contributed by atoms with Crippen LogP contribution in [0.5, 0.6) is 0 Å². The van der Waals surface area contributed by atoms with E-state index < -0.39 is 60.9 Å². The third-order valence-electron chi connectivity index (χ3n) is 10.6. The van der Waals surface area contributed by atoms with Gasteiger partial charge in [-0.05, 0) is 36.0 Å². The number of rotatable bonds is 17. The summed E-state index contributed by atoms with van der Waals surface area (Å²) in [6, 6.07) is 30.0. The molecule has 0 spiro atoms. The minimum Gasteiger partial charge on any atom is -0.376 e. The van der Waals surface area contributed by atoms with E-state index in [1.807, 2.05) is 91.0 Å². The van der Waals surface area contributed by atoms with Crippen LogP contribution in [0.2, 0.25) is 0 Å². The lowest BCUT2D eigenvalue weighted by molar-refractivity contribution is -0.378. The zero-order valence-corrected chi connectivity index (χ0v) is 31.3. The first-order chi connectivity index (χ1) is 26.6. The molecule has 11 nitrogen and oxygen atoms in total. The van der Waals surface area contributed by atoms with Gasteiger partial charge in [-0.3, -0.25) is 0 Å². The van der Waals surface area contributed by atoms with Crippen molar-refractivity contribution >= 4 is 0 Å². The molecule has 2 bridgehead atoms. The lowest BCUT2D eigenvalue weighted by atomic mass is 9.85. The van der Waals surface area contributed by atoms with E-state index in [9.17, 15) is 0 Å². The van der Waals surface area contributed by atoms with E-state index in [2.05, 4.69) is 6.58 Å². The Kier molecular flexibility index (Phi) is 13.9. The summed E-state index contributed by atoms with van der Waals surface area (Å²) < 4.78 is 71.8. The van der Waals surface area contributed by atoms with Crippen molar-refractivity contribution in [1.82, 2.24) is 0 Å². The van der Waals surface area contributed by atoms with Gasteiger partial charge in [0.25, 0.3) is 0 Å². The van der Waals surface area contributed by atoms with Crippen LogP contribution in [-0.2, 0) is 71.9 Å². The summed E-state index contributed by atoms with van der Waals surface area (Å²) in [6.45, 7) is 6.43. The smallest absolute Gasteiger partial charge is 0.188 e. The second-order valence-corrected chi connectivity index (χ2v) is 14.2. The van der Waals surface area contributed by atoms with Crippen LogP contribution in [0.1, 0.15) is 42.4 Å². The Labute approximate surface area is 318 Å². The van der Waals surface area contributed by atoms with Crippen LogP contribution in [0.15, 0.2) is 104 Å². The van der Waals surface area contributed by atoms with Crippen molar-refractivity contribution in [3.05, 3.63) is 120 Å². The van der Waals surface area contributed by atoms with Gasteiger partial charge in [0.15, 0.2) is 18.9 Å². The number of methoxy groups -OCH3 is 2. The fraction of sp³-hybridized carbons (Fsp3) is 0.535. The molecule has 0 aliphatic carbocycles. The van der Waals surface area contributed by atoms with Gasteiger partial charge in [-0.2, -0.15) is 0 Å². The Morgan fingerprint density at radius 1 is 0.685 bits per heavy atom. The maximum Gasteiger partial charge on any atom is 0.188 e. The number of fused-ring (bicyclic) bond motifs is 4. The van der Waals surface area contributed by atoms with Gasteiger partial charge in [0.05, 0.1) is 33.0 Å². The number of hydrogen-bond acceptors (Lipinski definition) is 11. The highest BCUT2D eigenvalue weighted by Crippen LogP contribution is 2.44. The molecule has 3 aromatic rings. The van der Waals surface area contributed by atoms with E-state index in [0.717, 1.165) is 36.0 Å². The summed E-state index contributed by atoms with van der Waals surface area (Å²) in [4.78, 5) is 0. The van der Waals surface area contributed by atoms with Crippen LogP contribution < -0.4 is 0 Å². The van der Waals surface area contributed by atoms with Gasteiger partial charge in [-0.1, -0.05) is 97.1 Å². The number of hydrogen-bond donors (Lipinski definition) is 0. The Hall–Kier alpha value is -3.04. The SMILES string of the molecule is C=C[C@]12CCO[C@H]([C@H](O[C@H]3[C@H](OCc4ccccc4)[C@@H](OCc4ccccc4)[C@@H](OC)O[C@@H]3COCc3ccccc3)O1)[C@@H](OC)[C@@H]2O[C@@H]1CCCCO1. The standard InChI is InChI=1S/C43H54O11/c1-4-43-23-25-48-39(37(44-2)40(43)52-34-22-14-15-24-47-34)42(54-43)53-35-33(29-46-26-30-16-8-5-9-17-30)51-41(45-3)38(50-28-32-20-12-7-13-21-32)36(35)49-27-31-18-10-6-11-19-31/h4-13,16-21,33-42H,1,14-15,22-29H2,2-3H3/t33-,34-,35-,36+,37-,38-,39+,40+,41+,42-,43-/m1/s1. The molecular formula is C43H54O11. The van der Waals surface area contributed by atoms with Crippen LogP contribution >= 0.6 is 0 Å². The lowest BCUT2D eigenvalue weighted by Gasteiger charge is -2.51. The van der Waals surface area contributed by atoms with Crippen LogP contribution in [-0.4, -0.2) is 101 Å². The van der Waals surface area contributed by atoms with Gasteiger partial charge < -0.3 is 52.1 Å². The molecule has 5 saturated heterocycles. The molecule has 5 aliphatic heterocycles. The van der Waals surface area contributed by atoms with Gasteiger partial charge in [-0.15, -0.1) is 6.58 Å².